The van der Waals surface area contributed by atoms with E-state index in [-0.39, 0.29) is 35.0 Å². The Hall–Kier alpha value is -4.02. The molecule has 5 rings (SSSR count). The second-order valence-corrected chi connectivity index (χ2v) is 16.7. The van der Waals surface area contributed by atoms with Crippen molar-refractivity contribution < 1.29 is 19.4 Å². The standard InChI is InChI=1S/C40H48N4O4S2/c1-8-10-13-26(9-2)24-48-37(47)28-18-16-27(17-19-28)20-34-36(46)43(38(49)50-34)23-29-21-30(40(6,7)25-39(3,4)5)22-33(35(29)45)44-41-31-14-11-12-15-32(31)42-44/h11-12,14-22,26,45H,8-10,13,23-25H2,1-7H3. The molecular formula is C40H48N4O4S2. The number of rotatable bonds is 13. The van der Waals surface area contributed by atoms with Crippen molar-refractivity contribution >= 4 is 57.3 Å². The molecule has 1 atom stereocenters. The van der Waals surface area contributed by atoms with E-state index in [0.29, 0.717) is 49.6 Å². The molecule has 1 fully saturated rings. The fraction of sp³-hybridized carbons (Fsp3) is 0.425. The van der Waals surface area contributed by atoms with Crippen molar-refractivity contribution in [3.63, 3.8) is 0 Å². The van der Waals surface area contributed by atoms with E-state index in [1.54, 1.807) is 30.3 Å². The van der Waals surface area contributed by atoms with Gasteiger partial charge in [-0.15, -0.1) is 15.0 Å². The molecule has 0 spiro atoms. The normalized spacial score (nSPS) is 15.3. The van der Waals surface area contributed by atoms with Crippen LogP contribution in [0.3, 0.4) is 0 Å². The Morgan fingerprint density at radius 2 is 1.68 bits per heavy atom. The summed E-state index contributed by atoms with van der Waals surface area (Å²) in [6, 6.07) is 18.5. The minimum absolute atomic E-state index is 0.00302. The molecule has 1 aromatic heterocycles. The smallest absolute Gasteiger partial charge is 0.338 e. The molecule has 4 aromatic rings. The van der Waals surface area contributed by atoms with Gasteiger partial charge in [-0.05, 0) is 83.2 Å². The van der Waals surface area contributed by atoms with Crippen LogP contribution in [0.1, 0.15) is 108 Å². The maximum atomic E-state index is 13.8. The first-order valence-corrected chi connectivity index (χ1v) is 18.6. The molecule has 0 bridgehead atoms. The van der Waals surface area contributed by atoms with Crippen molar-refractivity contribution in [2.45, 2.75) is 92.5 Å². The lowest BCUT2D eigenvalue weighted by Crippen LogP contribution is -2.28. The Balaban J connectivity index is 1.38. The number of phenols is 1. The van der Waals surface area contributed by atoms with Crippen molar-refractivity contribution in [2.75, 3.05) is 6.61 Å². The maximum Gasteiger partial charge on any atom is 0.338 e. The Kier molecular flexibility index (Phi) is 11.5. The van der Waals surface area contributed by atoms with Gasteiger partial charge >= 0.3 is 5.97 Å². The predicted molar refractivity (Wildman–Crippen MR) is 206 cm³/mol. The maximum absolute atomic E-state index is 13.8. The van der Waals surface area contributed by atoms with Crippen molar-refractivity contribution in [3.8, 4) is 11.4 Å². The Bertz CT molecular complexity index is 1870. The summed E-state index contributed by atoms with van der Waals surface area (Å²) in [5, 5.41) is 21.0. The molecule has 0 aliphatic carbocycles. The zero-order valence-electron chi connectivity index (χ0n) is 30.2. The molecule has 0 radical (unpaired) electrons. The van der Waals surface area contributed by atoms with E-state index in [9.17, 15) is 14.7 Å². The lowest BCUT2D eigenvalue weighted by molar-refractivity contribution is -0.122. The second-order valence-electron chi connectivity index (χ2n) is 15.0. The molecule has 2 heterocycles. The fourth-order valence-electron chi connectivity index (χ4n) is 6.59. The van der Waals surface area contributed by atoms with Gasteiger partial charge in [-0.2, -0.15) is 0 Å². The number of unbranched alkanes of at least 4 members (excludes halogenated alkanes) is 1. The summed E-state index contributed by atoms with van der Waals surface area (Å²) in [5.74, 6) is -0.224. The fourth-order valence-corrected chi connectivity index (χ4v) is 7.84. The van der Waals surface area contributed by atoms with Gasteiger partial charge in [-0.25, -0.2) is 4.79 Å². The first-order chi connectivity index (χ1) is 23.7. The molecule has 1 amide bonds. The van der Waals surface area contributed by atoms with Gasteiger partial charge in [0.15, 0.2) is 0 Å². The number of fused-ring (bicyclic) bond motifs is 1. The van der Waals surface area contributed by atoms with E-state index < -0.39 is 0 Å². The minimum Gasteiger partial charge on any atom is -0.505 e. The molecule has 1 aliphatic heterocycles. The van der Waals surface area contributed by atoms with Crippen LogP contribution in [0.5, 0.6) is 5.75 Å². The lowest BCUT2D eigenvalue weighted by atomic mass is 9.72. The first kappa shape index (κ1) is 37.2. The van der Waals surface area contributed by atoms with Crippen LogP contribution < -0.4 is 0 Å². The average Bonchev–Trinajstić information content (AvgIpc) is 3.61. The first-order valence-electron chi connectivity index (χ1n) is 17.4. The molecule has 0 saturated carbocycles. The number of amides is 1. The Morgan fingerprint density at radius 3 is 2.28 bits per heavy atom. The van der Waals surface area contributed by atoms with Crippen LogP contribution in [-0.4, -0.2) is 47.8 Å². The summed E-state index contributed by atoms with van der Waals surface area (Å²) in [5.41, 5.74) is 4.46. The lowest BCUT2D eigenvalue weighted by Gasteiger charge is -2.34. The van der Waals surface area contributed by atoms with Crippen LogP contribution in [0.15, 0.2) is 65.6 Å². The molecule has 50 heavy (non-hydrogen) atoms. The van der Waals surface area contributed by atoms with Gasteiger partial charge in [0.2, 0.25) is 0 Å². The zero-order chi connectivity index (χ0) is 36.2. The monoisotopic (exact) mass is 712 g/mol. The number of thioether (sulfide) groups is 1. The van der Waals surface area contributed by atoms with Gasteiger partial charge < -0.3 is 9.84 Å². The van der Waals surface area contributed by atoms with E-state index in [4.69, 9.17) is 17.0 Å². The third kappa shape index (κ3) is 8.82. The van der Waals surface area contributed by atoms with Gasteiger partial charge in [0.05, 0.1) is 23.6 Å². The molecule has 264 valence electrons. The molecule has 10 heteroatoms. The number of hydrogen-bond acceptors (Lipinski definition) is 8. The SMILES string of the molecule is CCCCC(CC)COC(=O)c1ccc(C=C2SC(=S)N(Cc3cc(C(C)(C)CC(C)(C)C)cc(-n4nc5ccccc5n4)c3O)C2=O)cc1. The van der Waals surface area contributed by atoms with Gasteiger partial charge in [0.1, 0.15) is 26.8 Å². The molecular weight excluding hydrogens is 665 g/mol. The van der Waals surface area contributed by atoms with Crippen LogP contribution in [0.4, 0.5) is 0 Å². The summed E-state index contributed by atoms with van der Waals surface area (Å²) < 4.78 is 6.00. The number of esters is 1. The van der Waals surface area contributed by atoms with Crippen molar-refractivity contribution in [3.05, 3.63) is 87.8 Å². The molecule has 1 N–H and O–H groups in total. The van der Waals surface area contributed by atoms with E-state index in [1.807, 2.05) is 36.4 Å². The van der Waals surface area contributed by atoms with Crippen LogP contribution in [-0.2, 0) is 21.5 Å². The number of carbonyl (C=O) groups excluding carboxylic acids is 2. The van der Waals surface area contributed by atoms with Crippen LogP contribution in [0, 0.1) is 11.3 Å². The number of aromatic hydroxyl groups is 1. The van der Waals surface area contributed by atoms with E-state index >= 15 is 0 Å². The van der Waals surface area contributed by atoms with Crippen LogP contribution in [0.25, 0.3) is 22.8 Å². The van der Waals surface area contributed by atoms with Gasteiger partial charge in [-0.3, -0.25) is 9.69 Å². The highest BCUT2D eigenvalue weighted by atomic mass is 32.2. The molecule has 1 aliphatic rings. The summed E-state index contributed by atoms with van der Waals surface area (Å²) >= 11 is 6.92. The number of aromatic nitrogens is 3. The third-order valence-electron chi connectivity index (χ3n) is 9.06. The average molecular weight is 713 g/mol. The quantitative estimate of drug-likeness (QED) is 0.0832. The van der Waals surface area contributed by atoms with E-state index in [0.717, 1.165) is 43.2 Å². The summed E-state index contributed by atoms with van der Waals surface area (Å²) in [7, 11) is 0. The molecule has 8 nitrogen and oxygen atoms in total. The summed E-state index contributed by atoms with van der Waals surface area (Å²) in [6.07, 6.45) is 6.94. The summed E-state index contributed by atoms with van der Waals surface area (Å²) in [4.78, 5) is 29.9. The van der Waals surface area contributed by atoms with Crippen molar-refractivity contribution in [1.29, 1.82) is 0 Å². The number of nitrogens with zero attached hydrogens (tertiary/aromatic N) is 4. The largest absolute Gasteiger partial charge is 0.505 e. The highest BCUT2D eigenvalue weighted by Crippen LogP contribution is 2.41. The number of thiocarbonyl (C=S) groups is 1. The Labute approximate surface area is 305 Å². The zero-order valence-corrected chi connectivity index (χ0v) is 31.8. The number of ether oxygens (including phenoxy) is 1. The van der Waals surface area contributed by atoms with E-state index in [1.165, 1.54) is 21.5 Å². The predicted octanol–water partition coefficient (Wildman–Crippen LogP) is 9.61. The number of phenolic OH excluding ortho intramolecular Hbond substituents is 1. The van der Waals surface area contributed by atoms with Gasteiger partial charge in [0, 0.05) is 5.56 Å². The number of benzene rings is 3. The third-order valence-corrected chi connectivity index (χ3v) is 10.4. The van der Waals surface area contributed by atoms with Crippen molar-refractivity contribution in [1.82, 2.24) is 19.9 Å². The molecule has 1 saturated heterocycles. The van der Waals surface area contributed by atoms with E-state index in [2.05, 4.69) is 58.7 Å². The van der Waals surface area contributed by atoms with Crippen LogP contribution in [0.2, 0.25) is 0 Å². The Morgan fingerprint density at radius 1 is 1.02 bits per heavy atom. The van der Waals surface area contributed by atoms with Crippen molar-refractivity contribution in [2.24, 2.45) is 11.3 Å². The topological polar surface area (TPSA) is 97.6 Å². The number of hydrogen-bond donors (Lipinski definition) is 1. The van der Waals surface area contributed by atoms with Crippen LogP contribution >= 0.6 is 24.0 Å². The number of carbonyl (C=O) groups is 2. The van der Waals surface area contributed by atoms with Gasteiger partial charge in [0.25, 0.3) is 5.91 Å². The van der Waals surface area contributed by atoms with Gasteiger partial charge in [-0.1, -0.05) is 116 Å². The minimum atomic E-state index is -0.344. The highest BCUT2D eigenvalue weighted by Gasteiger charge is 2.34. The molecule has 1 unspecified atom stereocenters. The second kappa shape index (κ2) is 15.5. The molecule has 3 aromatic carbocycles. The summed E-state index contributed by atoms with van der Waals surface area (Å²) in [6.45, 7) is 15.8. The highest BCUT2D eigenvalue weighted by molar-refractivity contribution is 8.26.